The summed E-state index contributed by atoms with van der Waals surface area (Å²) in [6.07, 6.45) is 1.65. The fraction of sp³-hybridized carbons (Fsp3) is 0.467. The number of imide groups is 1. The number of hydrogen-bond acceptors (Lipinski definition) is 3. The van der Waals surface area contributed by atoms with Crippen LogP contribution in [0.1, 0.15) is 38.7 Å². The van der Waals surface area contributed by atoms with Crippen molar-refractivity contribution in [3.8, 4) is 5.75 Å². The van der Waals surface area contributed by atoms with Crippen molar-refractivity contribution in [2.75, 3.05) is 6.61 Å². The van der Waals surface area contributed by atoms with E-state index in [4.69, 9.17) is 4.74 Å². The lowest BCUT2D eigenvalue weighted by Crippen LogP contribution is -2.45. The highest BCUT2D eigenvalue weighted by Crippen LogP contribution is 2.34. The second-order valence-corrected chi connectivity index (χ2v) is 5.26. The molecule has 1 fully saturated rings. The maximum Gasteiger partial charge on any atom is 0.227 e. The minimum atomic E-state index is -0.414. The summed E-state index contributed by atoms with van der Waals surface area (Å²) in [5, 5.41) is 2.34. The van der Waals surface area contributed by atoms with Gasteiger partial charge in [0.2, 0.25) is 11.8 Å². The molecule has 1 N–H and O–H groups in total. The van der Waals surface area contributed by atoms with Crippen LogP contribution in [0.5, 0.6) is 5.75 Å². The molecule has 0 aromatic heterocycles. The average Bonchev–Trinajstić information content (AvgIpc) is 2.35. The minimum absolute atomic E-state index is 0.204. The maximum absolute atomic E-state index is 11.5. The lowest BCUT2D eigenvalue weighted by Gasteiger charge is -2.32. The Labute approximate surface area is 113 Å². The van der Waals surface area contributed by atoms with Crippen molar-refractivity contribution < 1.29 is 14.3 Å². The number of nitrogens with one attached hydrogen (secondary N) is 1. The molecule has 1 aromatic rings. The SMILES string of the molecule is CCCOc1ccc(C2(C)CC(=O)NC(=O)C2)cc1. The van der Waals surface area contributed by atoms with Gasteiger partial charge in [-0.15, -0.1) is 0 Å². The van der Waals surface area contributed by atoms with Gasteiger partial charge in [-0.05, 0) is 24.1 Å². The van der Waals surface area contributed by atoms with E-state index in [-0.39, 0.29) is 11.8 Å². The zero-order valence-electron chi connectivity index (χ0n) is 11.4. The summed E-state index contributed by atoms with van der Waals surface area (Å²) < 4.78 is 5.53. The standard InChI is InChI=1S/C15H19NO3/c1-3-8-19-12-6-4-11(5-7-12)15(2)9-13(17)16-14(18)10-15/h4-7H,3,8-10H2,1-2H3,(H,16,17,18). The molecule has 0 atom stereocenters. The monoisotopic (exact) mass is 261 g/mol. The van der Waals surface area contributed by atoms with E-state index in [0.29, 0.717) is 19.4 Å². The number of hydrogen-bond donors (Lipinski definition) is 1. The Kier molecular flexibility index (Phi) is 3.88. The van der Waals surface area contributed by atoms with Gasteiger partial charge < -0.3 is 4.74 Å². The molecule has 0 spiro atoms. The third-order valence-electron chi connectivity index (χ3n) is 3.40. The van der Waals surface area contributed by atoms with E-state index in [1.807, 2.05) is 31.2 Å². The number of ether oxygens (including phenoxy) is 1. The molecule has 1 aliphatic heterocycles. The van der Waals surface area contributed by atoms with E-state index in [9.17, 15) is 9.59 Å². The number of rotatable bonds is 4. The lowest BCUT2D eigenvalue weighted by atomic mass is 9.74. The third kappa shape index (κ3) is 3.13. The van der Waals surface area contributed by atoms with E-state index in [1.165, 1.54) is 0 Å². The van der Waals surface area contributed by atoms with Crippen LogP contribution in [0.3, 0.4) is 0 Å². The second-order valence-electron chi connectivity index (χ2n) is 5.26. The summed E-state index contributed by atoms with van der Waals surface area (Å²) in [5.41, 5.74) is 0.586. The molecule has 102 valence electrons. The molecular formula is C15H19NO3. The largest absolute Gasteiger partial charge is 0.494 e. The van der Waals surface area contributed by atoms with E-state index >= 15 is 0 Å². The van der Waals surface area contributed by atoms with Gasteiger partial charge in [0.1, 0.15) is 5.75 Å². The Morgan fingerprint density at radius 3 is 2.26 bits per heavy atom. The zero-order valence-corrected chi connectivity index (χ0v) is 11.4. The molecule has 4 heteroatoms. The highest BCUT2D eigenvalue weighted by molar-refractivity contribution is 5.99. The van der Waals surface area contributed by atoms with E-state index in [0.717, 1.165) is 17.7 Å². The highest BCUT2D eigenvalue weighted by atomic mass is 16.5. The number of carbonyl (C=O) groups is 2. The first-order chi connectivity index (χ1) is 9.03. The van der Waals surface area contributed by atoms with Crippen LogP contribution in [-0.2, 0) is 15.0 Å². The fourth-order valence-corrected chi connectivity index (χ4v) is 2.39. The van der Waals surface area contributed by atoms with Gasteiger partial charge in [0.25, 0.3) is 0 Å². The van der Waals surface area contributed by atoms with Gasteiger partial charge in [-0.3, -0.25) is 14.9 Å². The first-order valence-electron chi connectivity index (χ1n) is 6.59. The maximum atomic E-state index is 11.5. The molecule has 1 saturated heterocycles. The number of benzene rings is 1. The van der Waals surface area contributed by atoms with Crippen molar-refractivity contribution >= 4 is 11.8 Å². The van der Waals surface area contributed by atoms with Gasteiger partial charge in [-0.1, -0.05) is 26.0 Å². The van der Waals surface area contributed by atoms with Crippen LogP contribution in [0, 0.1) is 0 Å². The molecule has 1 aliphatic rings. The van der Waals surface area contributed by atoms with Crippen LogP contribution in [0.25, 0.3) is 0 Å². The van der Waals surface area contributed by atoms with Crippen LogP contribution < -0.4 is 10.1 Å². The van der Waals surface area contributed by atoms with E-state index in [1.54, 1.807) is 0 Å². The van der Waals surface area contributed by atoms with Gasteiger partial charge in [-0.25, -0.2) is 0 Å². The van der Waals surface area contributed by atoms with Crippen molar-refractivity contribution in [3.05, 3.63) is 29.8 Å². The first kappa shape index (κ1) is 13.6. The number of carbonyl (C=O) groups excluding carboxylic acids is 2. The molecular weight excluding hydrogens is 242 g/mol. The summed E-state index contributed by atoms with van der Waals surface area (Å²) in [6, 6.07) is 7.67. The van der Waals surface area contributed by atoms with Gasteiger partial charge in [0, 0.05) is 18.3 Å². The van der Waals surface area contributed by atoms with Crippen LogP contribution >= 0.6 is 0 Å². The first-order valence-corrected chi connectivity index (χ1v) is 6.59. The number of piperidine rings is 1. The van der Waals surface area contributed by atoms with E-state index < -0.39 is 5.41 Å². The topological polar surface area (TPSA) is 55.4 Å². The summed E-state index contributed by atoms with van der Waals surface area (Å²) >= 11 is 0. The Morgan fingerprint density at radius 1 is 1.16 bits per heavy atom. The Morgan fingerprint density at radius 2 is 1.74 bits per heavy atom. The molecule has 1 heterocycles. The molecule has 4 nitrogen and oxygen atoms in total. The van der Waals surface area contributed by atoms with Crippen LogP contribution in [0.2, 0.25) is 0 Å². The normalized spacial score (nSPS) is 18.0. The average molecular weight is 261 g/mol. The lowest BCUT2D eigenvalue weighted by molar-refractivity contribution is -0.135. The number of amides is 2. The molecule has 0 bridgehead atoms. The third-order valence-corrected chi connectivity index (χ3v) is 3.40. The van der Waals surface area contributed by atoms with Gasteiger partial charge in [0.05, 0.1) is 6.61 Å². The van der Waals surface area contributed by atoms with Crippen molar-refractivity contribution in [3.63, 3.8) is 0 Å². The molecule has 0 radical (unpaired) electrons. The van der Waals surface area contributed by atoms with E-state index in [2.05, 4.69) is 12.2 Å². The van der Waals surface area contributed by atoms with Crippen molar-refractivity contribution in [2.45, 2.75) is 38.5 Å². The van der Waals surface area contributed by atoms with Gasteiger partial charge in [-0.2, -0.15) is 0 Å². The summed E-state index contributed by atoms with van der Waals surface area (Å²) in [6.45, 7) is 4.70. The quantitative estimate of drug-likeness (QED) is 0.845. The Bertz CT molecular complexity index is 463. The van der Waals surface area contributed by atoms with Crippen LogP contribution in [0.15, 0.2) is 24.3 Å². The molecule has 2 rings (SSSR count). The van der Waals surface area contributed by atoms with Crippen molar-refractivity contribution in [1.82, 2.24) is 5.32 Å². The molecule has 0 unspecified atom stereocenters. The smallest absolute Gasteiger partial charge is 0.227 e. The molecule has 19 heavy (non-hydrogen) atoms. The van der Waals surface area contributed by atoms with Crippen molar-refractivity contribution in [1.29, 1.82) is 0 Å². The van der Waals surface area contributed by atoms with Gasteiger partial charge in [0.15, 0.2) is 0 Å². The Hall–Kier alpha value is -1.84. The summed E-state index contributed by atoms with van der Waals surface area (Å²) in [5.74, 6) is 0.413. The fourth-order valence-electron chi connectivity index (χ4n) is 2.39. The van der Waals surface area contributed by atoms with Crippen molar-refractivity contribution in [2.24, 2.45) is 0 Å². The van der Waals surface area contributed by atoms with Crippen LogP contribution in [0.4, 0.5) is 0 Å². The van der Waals surface area contributed by atoms with Crippen LogP contribution in [-0.4, -0.2) is 18.4 Å². The Balaban J connectivity index is 2.16. The zero-order chi connectivity index (χ0) is 13.9. The predicted octanol–water partition coefficient (Wildman–Crippen LogP) is 2.17. The van der Waals surface area contributed by atoms with Gasteiger partial charge >= 0.3 is 0 Å². The highest BCUT2D eigenvalue weighted by Gasteiger charge is 2.36. The molecule has 0 saturated carbocycles. The molecule has 2 amide bonds. The summed E-state index contributed by atoms with van der Waals surface area (Å²) in [7, 11) is 0. The summed E-state index contributed by atoms with van der Waals surface area (Å²) in [4.78, 5) is 23.0. The molecule has 1 aromatic carbocycles. The minimum Gasteiger partial charge on any atom is -0.494 e. The molecule has 0 aliphatic carbocycles. The predicted molar refractivity (Wildman–Crippen MR) is 72.0 cm³/mol. The second kappa shape index (κ2) is 5.43.